The third kappa shape index (κ3) is 2.88. The van der Waals surface area contributed by atoms with Gasteiger partial charge in [-0.05, 0) is 45.7 Å². The highest BCUT2D eigenvalue weighted by atomic mass is 35.5. The summed E-state index contributed by atoms with van der Waals surface area (Å²) >= 11 is 6.39. The van der Waals surface area contributed by atoms with Gasteiger partial charge >= 0.3 is 7.12 Å². The molecular formula is C21H23BClFO3. The van der Waals surface area contributed by atoms with Crippen molar-refractivity contribution in [3.8, 4) is 5.75 Å². The average molecular weight is 389 g/mol. The molecule has 1 atom stereocenters. The lowest BCUT2D eigenvalue weighted by Gasteiger charge is -2.32. The van der Waals surface area contributed by atoms with E-state index in [0.29, 0.717) is 17.6 Å². The molecule has 0 radical (unpaired) electrons. The Kier molecular flexibility index (Phi) is 4.15. The lowest BCUT2D eigenvalue weighted by Crippen LogP contribution is -2.41. The molecule has 0 aromatic heterocycles. The van der Waals surface area contributed by atoms with Crippen LogP contribution in [0.15, 0.2) is 36.4 Å². The summed E-state index contributed by atoms with van der Waals surface area (Å²) in [6.45, 7) is 9.86. The lowest BCUT2D eigenvalue weighted by atomic mass is 9.73. The van der Waals surface area contributed by atoms with Crippen molar-refractivity contribution in [1.82, 2.24) is 0 Å². The van der Waals surface area contributed by atoms with Crippen molar-refractivity contribution in [3.63, 3.8) is 0 Å². The Bertz CT molecular complexity index is 884. The highest BCUT2D eigenvalue weighted by molar-refractivity contribution is 6.66. The van der Waals surface area contributed by atoms with Gasteiger partial charge in [0.05, 0.1) is 16.2 Å². The molecule has 0 amide bonds. The van der Waals surface area contributed by atoms with Crippen molar-refractivity contribution in [2.24, 2.45) is 0 Å². The number of hydrogen-bond donors (Lipinski definition) is 0. The van der Waals surface area contributed by atoms with Crippen molar-refractivity contribution < 1.29 is 18.4 Å². The lowest BCUT2D eigenvalue weighted by molar-refractivity contribution is 0.00578. The summed E-state index contributed by atoms with van der Waals surface area (Å²) in [7, 11) is -0.742. The van der Waals surface area contributed by atoms with Crippen LogP contribution in [0.25, 0.3) is 0 Å². The van der Waals surface area contributed by atoms with Gasteiger partial charge in [-0.25, -0.2) is 4.39 Å². The summed E-state index contributed by atoms with van der Waals surface area (Å²) in [6.07, 6.45) is 0.561. The van der Waals surface area contributed by atoms with E-state index in [4.69, 9.17) is 25.6 Å². The van der Waals surface area contributed by atoms with Crippen LogP contribution < -0.4 is 10.2 Å². The zero-order valence-electron chi connectivity index (χ0n) is 16.2. The van der Waals surface area contributed by atoms with E-state index in [1.54, 1.807) is 0 Å². The van der Waals surface area contributed by atoms with Crippen LogP contribution in [0.4, 0.5) is 4.39 Å². The minimum absolute atomic E-state index is 0.0353. The quantitative estimate of drug-likeness (QED) is 0.702. The van der Waals surface area contributed by atoms with E-state index in [-0.39, 0.29) is 5.02 Å². The van der Waals surface area contributed by atoms with Crippen LogP contribution in [0.3, 0.4) is 0 Å². The van der Waals surface area contributed by atoms with E-state index in [9.17, 15) is 4.39 Å². The maximum atomic E-state index is 14.6. The van der Waals surface area contributed by atoms with E-state index >= 15 is 0 Å². The number of benzene rings is 2. The van der Waals surface area contributed by atoms with Gasteiger partial charge in [0.15, 0.2) is 0 Å². The zero-order valence-corrected chi connectivity index (χ0v) is 17.0. The van der Waals surface area contributed by atoms with Gasteiger partial charge in [0.25, 0.3) is 0 Å². The summed E-state index contributed by atoms with van der Waals surface area (Å²) in [5.41, 5.74) is 0.720. The van der Waals surface area contributed by atoms with Gasteiger partial charge < -0.3 is 14.0 Å². The van der Waals surface area contributed by atoms with Crippen LogP contribution in [-0.4, -0.2) is 18.3 Å². The highest BCUT2D eigenvalue weighted by Crippen LogP contribution is 2.44. The van der Waals surface area contributed by atoms with Crippen LogP contribution in [0.2, 0.25) is 5.02 Å². The fourth-order valence-corrected chi connectivity index (χ4v) is 3.96. The van der Waals surface area contributed by atoms with Gasteiger partial charge in [0, 0.05) is 17.9 Å². The van der Waals surface area contributed by atoms with Gasteiger partial charge in [-0.3, -0.25) is 0 Å². The molecule has 2 aromatic carbocycles. The second-order valence-electron chi connectivity index (χ2n) is 8.53. The maximum Gasteiger partial charge on any atom is 0.496 e. The molecule has 0 N–H and O–H groups in total. The smallest absolute Gasteiger partial charge is 0.482 e. The number of halogens is 2. The van der Waals surface area contributed by atoms with Gasteiger partial charge in [-0.1, -0.05) is 41.9 Å². The summed E-state index contributed by atoms with van der Waals surface area (Å²) in [6, 6.07) is 11.3. The molecule has 142 valence electrons. The minimum atomic E-state index is -0.742. The Morgan fingerprint density at radius 1 is 1.00 bits per heavy atom. The van der Waals surface area contributed by atoms with E-state index < -0.39 is 29.7 Å². The number of fused-ring (bicyclic) bond motifs is 1. The Morgan fingerprint density at radius 2 is 1.59 bits per heavy atom. The molecule has 0 bridgehead atoms. The van der Waals surface area contributed by atoms with E-state index in [1.807, 2.05) is 65.0 Å². The van der Waals surface area contributed by atoms with Crippen molar-refractivity contribution in [2.45, 2.75) is 57.8 Å². The predicted molar refractivity (Wildman–Crippen MR) is 105 cm³/mol. The fourth-order valence-electron chi connectivity index (χ4n) is 3.71. The predicted octanol–water partition coefficient (Wildman–Crippen LogP) is 4.63. The molecule has 4 rings (SSSR count). The summed E-state index contributed by atoms with van der Waals surface area (Å²) in [5.74, 6) is -0.0367. The summed E-state index contributed by atoms with van der Waals surface area (Å²) < 4.78 is 33.1. The largest absolute Gasteiger partial charge is 0.496 e. The van der Waals surface area contributed by atoms with Crippen molar-refractivity contribution in [2.75, 3.05) is 0 Å². The van der Waals surface area contributed by atoms with Gasteiger partial charge in [0.1, 0.15) is 17.2 Å². The SMILES string of the molecule is CC1(C)OB(c2c(Cl)c(F)cc3c2C[C@@](C)(c2ccccc2)O3)OC1(C)C. The first-order valence-electron chi connectivity index (χ1n) is 9.15. The van der Waals surface area contributed by atoms with Crippen LogP contribution in [0, 0.1) is 5.82 Å². The Balaban J connectivity index is 1.79. The molecule has 0 saturated carbocycles. The fraction of sp³-hybridized carbons (Fsp3) is 0.429. The molecule has 0 spiro atoms. The zero-order chi connectivity index (χ0) is 19.6. The first-order valence-corrected chi connectivity index (χ1v) is 9.53. The number of hydrogen-bond acceptors (Lipinski definition) is 3. The third-order valence-electron chi connectivity index (χ3n) is 6.05. The topological polar surface area (TPSA) is 27.7 Å². The molecule has 2 aliphatic heterocycles. The standard InChI is InChI=1S/C21H23BClFO3/c1-19(2)20(3,4)27-22(26-19)17-14-12-21(5,13-9-7-6-8-10-13)25-16(14)11-15(24)18(17)23/h6-11H,12H2,1-5H3/t21-/m0/s1. The summed E-state index contributed by atoms with van der Waals surface area (Å²) in [4.78, 5) is 0. The number of rotatable bonds is 2. The average Bonchev–Trinajstić information content (AvgIpc) is 3.02. The molecule has 0 unspecified atom stereocenters. The monoisotopic (exact) mass is 388 g/mol. The normalized spacial score (nSPS) is 25.4. The van der Waals surface area contributed by atoms with E-state index in [0.717, 1.165) is 11.1 Å². The third-order valence-corrected chi connectivity index (χ3v) is 6.43. The molecule has 1 saturated heterocycles. The van der Waals surface area contributed by atoms with E-state index in [1.165, 1.54) is 6.07 Å². The van der Waals surface area contributed by atoms with Crippen molar-refractivity contribution in [1.29, 1.82) is 0 Å². The van der Waals surface area contributed by atoms with Gasteiger partial charge in [0.2, 0.25) is 0 Å². The Morgan fingerprint density at radius 3 is 2.19 bits per heavy atom. The molecule has 2 heterocycles. The van der Waals surface area contributed by atoms with E-state index in [2.05, 4.69) is 0 Å². The van der Waals surface area contributed by atoms with Gasteiger partial charge in [-0.15, -0.1) is 0 Å². The molecule has 0 aliphatic carbocycles. The van der Waals surface area contributed by atoms with Crippen molar-refractivity contribution in [3.05, 3.63) is 58.4 Å². The first kappa shape index (κ1) is 18.8. The molecular weight excluding hydrogens is 365 g/mol. The molecule has 6 heteroatoms. The molecule has 3 nitrogen and oxygen atoms in total. The van der Waals surface area contributed by atoms with Crippen molar-refractivity contribution >= 4 is 24.2 Å². The highest BCUT2D eigenvalue weighted by Gasteiger charge is 2.54. The van der Waals surface area contributed by atoms with Crippen LogP contribution in [0.1, 0.15) is 45.7 Å². The molecule has 27 heavy (non-hydrogen) atoms. The van der Waals surface area contributed by atoms with Crippen LogP contribution >= 0.6 is 11.6 Å². The Hall–Kier alpha value is -1.56. The maximum absolute atomic E-state index is 14.6. The molecule has 1 fully saturated rings. The second-order valence-corrected chi connectivity index (χ2v) is 8.90. The minimum Gasteiger partial charge on any atom is -0.482 e. The summed E-state index contributed by atoms with van der Waals surface area (Å²) in [5, 5.41) is 0.0353. The molecule has 2 aliphatic rings. The second kappa shape index (κ2) is 5.97. The van der Waals surface area contributed by atoms with Crippen LogP contribution in [-0.2, 0) is 21.3 Å². The van der Waals surface area contributed by atoms with Crippen LogP contribution in [0.5, 0.6) is 5.75 Å². The Labute approximate surface area is 164 Å². The number of ether oxygens (including phenoxy) is 1. The molecule has 2 aromatic rings. The van der Waals surface area contributed by atoms with Gasteiger partial charge in [-0.2, -0.15) is 0 Å². The first-order chi connectivity index (χ1) is 12.5.